The Morgan fingerprint density at radius 1 is 1.47 bits per heavy atom. The molecule has 6 nitrogen and oxygen atoms in total. The van der Waals surface area contributed by atoms with Crippen LogP contribution >= 0.6 is 0 Å². The molecule has 5 N–H and O–H groups in total. The molecule has 0 unspecified atom stereocenters. The van der Waals surface area contributed by atoms with Gasteiger partial charge >= 0.3 is 5.97 Å². The van der Waals surface area contributed by atoms with Crippen LogP contribution < -0.4 is 11.1 Å². The van der Waals surface area contributed by atoms with Crippen molar-refractivity contribution in [2.75, 3.05) is 6.54 Å². The summed E-state index contributed by atoms with van der Waals surface area (Å²) < 4.78 is 0. The molecule has 0 radical (unpaired) electrons. The van der Waals surface area contributed by atoms with E-state index in [2.05, 4.69) is 15.3 Å². The number of imidazole rings is 1. The van der Waals surface area contributed by atoms with Gasteiger partial charge in [0.25, 0.3) is 0 Å². The van der Waals surface area contributed by atoms with E-state index in [1.165, 1.54) is 0 Å². The number of H-pyrrole nitrogens is 1. The second kappa shape index (κ2) is 6.31. The Hall–Kier alpha value is -1.92. The van der Waals surface area contributed by atoms with Gasteiger partial charge in [0.2, 0.25) is 0 Å². The van der Waals surface area contributed by atoms with Gasteiger partial charge in [-0.1, -0.05) is 12.1 Å². The number of carboxylic acid groups (broad SMARTS) is 1. The molecule has 19 heavy (non-hydrogen) atoms. The van der Waals surface area contributed by atoms with Gasteiger partial charge in [0.15, 0.2) is 0 Å². The number of aromatic amines is 1. The topological polar surface area (TPSA) is 104 Å². The average Bonchev–Trinajstić information content (AvgIpc) is 2.80. The van der Waals surface area contributed by atoms with Crippen LogP contribution in [0.3, 0.4) is 0 Å². The Balaban J connectivity index is 1.72. The highest BCUT2D eigenvalue weighted by Gasteiger charge is 2.09. The van der Waals surface area contributed by atoms with E-state index in [1.54, 1.807) is 0 Å². The highest BCUT2D eigenvalue weighted by Crippen LogP contribution is 2.09. The number of nitrogens with two attached hydrogens (primary N) is 1. The van der Waals surface area contributed by atoms with Crippen molar-refractivity contribution in [2.24, 2.45) is 5.73 Å². The molecule has 0 aliphatic carbocycles. The molecule has 102 valence electrons. The van der Waals surface area contributed by atoms with Gasteiger partial charge in [-0.2, -0.15) is 0 Å². The number of para-hydroxylation sites is 2. The minimum absolute atomic E-state index is 0.475. The Kier molecular flexibility index (Phi) is 4.48. The van der Waals surface area contributed by atoms with Crippen molar-refractivity contribution in [3.05, 3.63) is 30.1 Å². The van der Waals surface area contributed by atoms with Crippen molar-refractivity contribution in [1.82, 2.24) is 15.3 Å². The van der Waals surface area contributed by atoms with Gasteiger partial charge in [-0.3, -0.25) is 4.79 Å². The third-order valence-corrected chi connectivity index (χ3v) is 2.92. The largest absolute Gasteiger partial charge is 0.480 e. The zero-order chi connectivity index (χ0) is 13.7. The van der Waals surface area contributed by atoms with Crippen LogP contribution in [-0.4, -0.2) is 33.6 Å². The minimum atomic E-state index is -0.947. The van der Waals surface area contributed by atoms with Crippen molar-refractivity contribution in [3.63, 3.8) is 0 Å². The van der Waals surface area contributed by atoms with Crippen LogP contribution in [-0.2, 0) is 11.3 Å². The highest BCUT2D eigenvalue weighted by atomic mass is 16.4. The van der Waals surface area contributed by atoms with Gasteiger partial charge < -0.3 is 21.1 Å². The van der Waals surface area contributed by atoms with Crippen LogP contribution in [0.2, 0.25) is 0 Å². The van der Waals surface area contributed by atoms with Crippen LogP contribution in [0.5, 0.6) is 0 Å². The Morgan fingerprint density at radius 3 is 3.00 bits per heavy atom. The first-order valence-electron chi connectivity index (χ1n) is 6.29. The van der Waals surface area contributed by atoms with Crippen molar-refractivity contribution in [3.8, 4) is 0 Å². The zero-order valence-electron chi connectivity index (χ0n) is 10.6. The van der Waals surface area contributed by atoms with Gasteiger partial charge in [0.1, 0.15) is 11.9 Å². The second-order valence-corrected chi connectivity index (χ2v) is 4.46. The van der Waals surface area contributed by atoms with E-state index in [9.17, 15) is 4.79 Å². The summed E-state index contributed by atoms with van der Waals surface area (Å²) in [5.41, 5.74) is 7.39. The molecule has 0 bridgehead atoms. The summed E-state index contributed by atoms with van der Waals surface area (Å²) in [6, 6.07) is 7.09. The molecule has 1 aromatic heterocycles. The molecule has 0 saturated carbocycles. The van der Waals surface area contributed by atoms with Crippen LogP contribution in [0.1, 0.15) is 18.7 Å². The van der Waals surface area contributed by atoms with E-state index in [4.69, 9.17) is 10.8 Å². The molecule has 1 heterocycles. The lowest BCUT2D eigenvalue weighted by Gasteiger charge is -2.06. The number of benzene rings is 1. The maximum atomic E-state index is 10.5. The molecule has 0 aliphatic heterocycles. The molecular formula is C13H18N4O2. The quantitative estimate of drug-likeness (QED) is 0.554. The Bertz CT molecular complexity index is 519. The number of aliphatic carboxylic acids is 1. The SMILES string of the molecule is N[C@@H](CCCNCc1nc2ccccc2[nH]1)C(=O)O. The molecule has 1 aromatic carbocycles. The lowest BCUT2D eigenvalue weighted by atomic mass is 10.2. The summed E-state index contributed by atoms with van der Waals surface area (Å²) in [6.07, 6.45) is 1.20. The summed E-state index contributed by atoms with van der Waals surface area (Å²) in [7, 11) is 0. The van der Waals surface area contributed by atoms with Gasteiger partial charge in [0.05, 0.1) is 17.6 Å². The number of hydrogen-bond acceptors (Lipinski definition) is 4. The number of hydrogen-bond donors (Lipinski definition) is 4. The van der Waals surface area contributed by atoms with Crippen molar-refractivity contribution in [2.45, 2.75) is 25.4 Å². The summed E-state index contributed by atoms with van der Waals surface area (Å²) in [5, 5.41) is 11.9. The lowest BCUT2D eigenvalue weighted by Crippen LogP contribution is -2.31. The fourth-order valence-corrected chi connectivity index (χ4v) is 1.87. The van der Waals surface area contributed by atoms with Crippen molar-refractivity contribution >= 4 is 17.0 Å². The number of nitrogens with one attached hydrogen (secondary N) is 2. The molecule has 1 atom stereocenters. The summed E-state index contributed by atoms with van der Waals surface area (Å²) in [4.78, 5) is 18.2. The van der Waals surface area contributed by atoms with E-state index >= 15 is 0 Å². The number of aromatic nitrogens is 2. The van der Waals surface area contributed by atoms with E-state index in [-0.39, 0.29) is 0 Å². The molecule has 0 spiro atoms. The van der Waals surface area contributed by atoms with Crippen LogP contribution in [0.4, 0.5) is 0 Å². The second-order valence-electron chi connectivity index (χ2n) is 4.46. The number of fused-ring (bicyclic) bond motifs is 1. The molecule has 2 rings (SSSR count). The average molecular weight is 262 g/mol. The number of nitrogens with zero attached hydrogens (tertiary/aromatic N) is 1. The monoisotopic (exact) mass is 262 g/mol. The highest BCUT2D eigenvalue weighted by molar-refractivity contribution is 5.74. The van der Waals surface area contributed by atoms with E-state index in [0.29, 0.717) is 13.0 Å². The fourth-order valence-electron chi connectivity index (χ4n) is 1.87. The number of rotatable bonds is 7. The molecule has 0 fully saturated rings. The van der Waals surface area contributed by atoms with Crippen LogP contribution in [0.25, 0.3) is 11.0 Å². The molecule has 0 aliphatic rings. The third-order valence-electron chi connectivity index (χ3n) is 2.92. The van der Waals surface area contributed by atoms with E-state index in [0.717, 1.165) is 29.8 Å². The number of carbonyl (C=O) groups is 1. The van der Waals surface area contributed by atoms with E-state index in [1.807, 2.05) is 24.3 Å². The van der Waals surface area contributed by atoms with Crippen LogP contribution in [0.15, 0.2) is 24.3 Å². The lowest BCUT2D eigenvalue weighted by molar-refractivity contribution is -0.138. The normalized spacial score (nSPS) is 12.7. The van der Waals surface area contributed by atoms with Crippen molar-refractivity contribution in [1.29, 1.82) is 0 Å². The summed E-state index contributed by atoms with van der Waals surface area (Å²) in [6.45, 7) is 1.36. The maximum Gasteiger partial charge on any atom is 0.320 e. The first kappa shape index (κ1) is 13.5. The van der Waals surface area contributed by atoms with Gasteiger partial charge in [-0.05, 0) is 31.5 Å². The first-order valence-corrected chi connectivity index (χ1v) is 6.29. The smallest absolute Gasteiger partial charge is 0.320 e. The summed E-state index contributed by atoms with van der Waals surface area (Å²) in [5.74, 6) is -0.0685. The fraction of sp³-hybridized carbons (Fsp3) is 0.385. The van der Waals surface area contributed by atoms with Gasteiger partial charge in [-0.25, -0.2) is 4.98 Å². The van der Waals surface area contributed by atoms with E-state index < -0.39 is 12.0 Å². The predicted molar refractivity (Wildman–Crippen MR) is 72.6 cm³/mol. The van der Waals surface area contributed by atoms with Gasteiger partial charge in [0, 0.05) is 0 Å². The zero-order valence-corrected chi connectivity index (χ0v) is 10.6. The standard InChI is InChI=1S/C13H18N4O2/c14-9(13(18)19)4-3-7-15-8-12-16-10-5-1-2-6-11(10)17-12/h1-2,5-6,9,15H,3-4,7-8,14H2,(H,16,17)(H,18,19)/t9-/m0/s1. The Morgan fingerprint density at radius 2 is 2.26 bits per heavy atom. The van der Waals surface area contributed by atoms with Crippen LogP contribution in [0, 0.1) is 0 Å². The molecule has 6 heteroatoms. The Labute approximate surface area is 111 Å². The molecular weight excluding hydrogens is 244 g/mol. The molecule has 2 aromatic rings. The minimum Gasteiger partial charge on any atom is -0.480 e. The van der Waals surface area contributed by atoms with Gasteiger partial charge in [-0.15, -0.1) is 0 Å². The molecule has 0 saturated heterocycles. The predicted octanol–water partition coefficient (Wildman–Crippen LogP) is 0.845. The number of carboxylic acids is 1. The first-order chi connectivity index (χ1) is 9.16. The third kappa shape index (κ3) is 3.77. The van der Waals surface area contributed by atoms with Crippen molar-refractivity contribution < 1.29 is 9.90 Å². The maximum absolute atomic E-state index is 10.5. The summed E-state index contributed by atoms with van der Waals surface area (Å²) >= 11 is 0. The molecule has 0 amide bonds.